The number of hydrogen-bond donors (Lipinski definition) is 0. The van der Waals surface area contributed by atoms with Gasteiger partial charge in [0.1, 0.15) is 22.3 Å². The van der Waals surface area contributed by atoms with Crippen molar-refractivity contribution in [3.63, 3.8) is 0 Å². The summed E-state index contributed by atoms with van der Waals surface area (Å²) in [5.41, 5.74) is 7.97. The molecular formula is C48H31N3O2. The van der Waals surface area contributed by atoms with E-state index >= 15 is 0 Å². The lowest BCUT2D eigenvalue weighted by atomic mass is 9.97. The van der Waals surface area contributed by atoms with Crippen molar-refractivity contribution in [2.24, 2.45) is 15.0 Å². The van der Waals surface area contributed by atoms with E-state index in [-0.39, 0.29) is 0 Å². The van der Waals surface area contributed by atoms with Gasteiger partial charge in [0, 0.05) is 38.2 Å². The Morgan fingerprint density at radius 2 is 1.17 bits per heavy atom. The van der Waals surface area contributed by atoms with Crippen LogP contribution in [0.25, 0.3) is 76.5 Å². The van der Waals surface area contributed by atoms with Gasteiger partial charge in [-0.2, -0.15) is 0 Å². The molecule has 8 aromatic carbocycles. The number of hydrogen-bond acceptors (Lipinski definition) is 3. The third-order valence-electron chi connectivity index (χ3n) is 10.1. The Balaban J connectivity index is 1.14. The second-order valence-corrected chi connectivity index (χ2v) is 13.2. The van der Waals surface area contributed by atoms with E-state index in [1.54, 1.807) is 0 Å². The molecule has 0 aliphatic heterocycles. The van der Waals surface area contributed by atoms with Crippen LogP contribution in [-0.4, -0.2) is 18.4 Å². The average Bonchev–Trinajstić information content (AvgIpc) is 3.79. The molecule has 0 unspecified atom stereocenters. The molecule has 0 radical (unpaired) electrons. The molecule has 0 bridgehead atoms. The molecular weight excluding hydrogens is 651 g/mol. The monoisotopic (exact) mass is 681 g/mol. The van der Waals surface area contributed by atoms with E-state index in [1.165, 1.54) is 10.8 Å². The van der Waals surface area contributed by atoms with Crippen LogP contribution in [0.3, 0.4) is 0 Å². The predicted octanol–water partition coefficient (Wildman–Crippen LogP) is 12.6. The van der Waals surface area contributed by atoms with Gasteiger partial charge < -0.3 is 8.83 Å². The number of rotatable bonds is 5. The third kappa shape index (κ3) is 5.38. The summed E-state index contributed by atoms with van der Waals surface area (Å²) in [6.45, 7) is 4.47. The fourth-order valence-corrected chi connectivity index (χ4v) is 7.44. The molecule has 0 atom stereocenters. The Hall–Kier alpha value is -7.11. The van der Waals surface area contributed by atoms with Crippen LogP contribution in [-0.2, 0) is 6.54 Å². The quantitative estimate of drug-likeness (QED) is 0.134. The van der Waals surface area contributed by atoms with E-state index in [9.17, 15) is 0 Å². The molecule has 0 fully saturated rings. The molecule has 0 aliphatic carbocycles. The van der Waals surface area contributed by atoms with Crippen LogP contribution in [0, 0.1) is 0 Å². The first kappa shape index (κ1) is 30.7. The van der Waals surface area contributed by atoms with Crippen LogP contribution in [0.2, 0.25) is 0 Å². The average molecular weight is 682 g/mol. The standard InChI is InChI=1S/C48H31N3O2/c1-49-48(51-47(36-21-20-32-11-3-5-13-34(32)27-36)50-29-30-18-19-31-10-2-4-12-33(31)26-30)41-25-24-37(46-45(41)40-15-7-9-17-43(40)53-46)35-22-23-39-38-14-6-8-16-42(38)52-44(39)28-35/h2-28H,1,29H2. The van der Waals surface area contributed by atoms with Crippen molar-refractivity contribution in [3.05, 3.63) is 180 Å². The van der Waals surface area contributed by atoms with Crippen molar-refractivity contribution in [2.75, 3.05) is 0 Å². The number of nitrogens with zero attached hydrogens (tertiary/aromatic N) is 3. The molecule has 5 nitrogen and oxygen atoms in total. The molecule has 2 aromatic heterocycles. The van der Waals surface area contributed by atoms with E-state index in [0.717, 1.165) is 82.5 Å². The van der Waals surface area contributed by atoms with E-state index in [2.05, 4.69) is 127 Å². The molecule has 0 saturated carbocycles. The van der Waals surface area contributed by atoms with Gasteiger partial charge >= 0.3 is 0 Å². The van der Waals surface area contributed by atoms with Gasteiger partial charge in [-0.3, -0.25) is 4.99 Å². The van der Waals surface area contributed by atoms with Gasteiger partial charge in [-0.25, -0.2) is 9.98 Å². The maximum atomic E-state index is 6.64. The van der Waals surface area contributed by atoms with Crippen LogP contribution in [0.15, 0.2) is 188 Å². The summed E-state index contributed by atoms with van der Waals surface area (Å²) in [6.07, 6.45) is 0. The fourth-order valence-electron chi connectivity index (χ4n) is 7.44. The van der Waals surface area contributed by atoms with Crippen molar-refractivity contribution in [1.82, 2.24) is 0 Å². The first-order chi connectivity index (χ1) is 26.2. The van der Waals surface area contributed by atoms with Gasteiger partial charge in [-0.05, 0) is 87.9 Å². The van der Waals surface area contributed by atoms with E-state index in [0.29, 0.717) is 18.2 Å². The highest BCUT2D eigenvalue weighted by molar-refractivity contribution is 6.24. The third-order valence-corrected chi connectivity index (χ3v) is 10.1. The highest BCUT2D eigenvalue weighted by Gasteiger charge is 2.20. The maximum absolute atomic E-state index is 6.64. The molecule has 250 valence electrons. The van der Waals surface area contributed by atoms with Crippen molar-refractivity contribution in [3.8, 4) is 11.1 Å². The molecule has 0 aliphatic rings. The lowest BCUT2D eigenvalue weighted by molar-refractivity contribution is 0.668. The summed E-state index contributed by atoms with van der Waals surface area (Å²) in [6, 6.07) is 56.2. The zero-order valence-corrected chi connectivity index (χ0v) is 28.7. The second kappa shape index (κ2) is 12.6. The second-order valence-electron chi connectivity index (χ2n) is 13.2. The van der Waals surface area contributed by atoms with Crippen LogP contribution in [0.5, 0.6) is 0 Å². The molecule has 2 heterocycles. The van der Waals surface area contributed by atoms with E-state index < -0.39 is 0 Å². The highest BCUT2D eigenvalue weighted by Crippen LogP contribution is 2.40. The molecule has 0 N–H and O–H groups in total. The summed E-state index contributed by atoms with van der Waals surface area (Å²) in [7, 11) is 0. The molecule has 10 aromatic rings. The summed E-state index contributed by atoms with van der Waals surface area (Å²) in [5, 5.41) is 8.71. The molecule has 0 spiro atoms. The van der Waals surface area contributed by atoms with Gasteiger partial charge in [0.15, 0.2) is 11.7 Å². The molecule has 53 heavy (non-hydrogen) atoms. The Labute approximate surface area is 304 Å². The molecule has 0 saturated heterocycles. The topological polar surface area (TPSA) is 63.4 Å². The predicted molar refractivity (Wildman–Crippen MR) is 221 cm³/mol. The number of fused-ring (bicyclic) bond motifs is 8. The molecule has 5 heteroatoms. The summed E-state index contributed by atoms with van der Waals surface area (Å²) in [5.74, 6) is 1.04. The van der Waals surface area contributed by atoms with Gasteiger partial charge in [-0.1, -0.05) is 115 Å². The number of furan rings is 2. The molecule has 0 amide bonds. The van der Waals surface area contributed by atoms with Crippen molar-refractivity contribution < 1.29 is 8.83 Å². The van der Waals surface area contributed by atoms with Gasteiger partial charge in [0.2, 0.25) is 0 Å². The van der Waals surface area contributed by atoms with Crippen molar-refractivity contribution >= 4 is 83.8 Å². The summed E-state index contributed by atoms with van der Waals surface area (Å²) < 4.78 is 12.9. The first-order valence-corrected chi connectivity index (χ1v) is 17.6. The van der Waals surface area contributed by atoms with E-state index in [1.807, 2.05) is 48.5 Å². The van der Waals surface area contributed by atoms with E-state index in [4.69, 9.17) is 18.8 Å². The minimum atomic E-state index is 0.453. The van der Waals surface area contributed by atoms with Crippen LogP contribution >= 0.6 is 0 Å². The Bertz CT molecular complexity index is 3130. The zero-order chi connectivity index (χ0) is 35.3. The van der Waals surface area contributed by atoms with Crippen molar-refractivity contribution in [2.45, 2.75) is 6.54 Å². The van der Waals surface area contributed by atoms with Gasteiger partial charge in [0.05, 0.1) is 6.54 Å². The SMILES string of the molecule is C=NC(=NC(=NCc1ccc2ccccc2c1)c1ccc2ccccc2c1)c1ccc(-c2ccc3c(c2)oc2ccccc23)c2oc3ccccc3c12. The van der Waals surface area contributed by atoms with Crippen LogP contribution in [0.1, 0.15) is 16.7 Å². The molecule has 10 rings (SSSR count). The number of aliphatic imine (C=N–C) groups is 3. The maximum Gasteiger partial charge on any atom is 0.161 e. The number of benzene rings is 8. The fraction of sp³-hybridized carbons (Fsp3) is 0.0208. The normalized spacial score (nSPS) is 12.5. The first-order valence-electron chi connectivity index (χ1n) is 17.6. The summed E-state index contributed by atoms with van der Waals surface area (Å²) in [4.78, 5) is 14.9. The minimum Gasteiger partial charge on any atom is -0.456 e. The number of amidine groups is 2. The Kier molecular flexibility index (Phi) is 7.29. The minimum absolute atomic E-state index is 0.453. The lowest BCUT2D eigenvalue weighted by Crippen LogP contribution is -2.06. The smallest absolute Gasteiger partial charge is 0.161 e. The Morgan fingerprint density at radius 1 is 0.509 bits per heavy atom. The number of para-hydroxylation sites is 2. The largest absolute Gasteiger partial charge is 0.456 e. The van der Waals surface area contributed by atoms with Gasteiger partial charge in [0.25, 0.3) is 0 Å². The van der Waals surface area contributed by atoms with Crippen LogP contribution in [0.4, 0.5) is 0 Å². The zero-order valence-electron chi connectivity index (χ0n) is 28.7. The van der Waals surface area contributed by atoms with Crippen LogP contribution < -0.4 is 0 Å². The van der Waals surface area contributed by atoms with Crippen molar-refractivity contribution in [1.29, 1.82) is 0 Å². The Morgan fingerprint density at radius 3 is 1.96 bits per heavy atom. The summed E-state index contributed by atoms with van der Waals surface area (Å²) >= 11 is 0. The van der Waals surface area contributed by atoms with Gasteiger partial charge in [-0.15, -0.1) is 0 Å². The lowest BCUT2D eigenvalue weighted by Gasteiger charge is -2.10. The highest BCUT2D eigenvalue weighted by atomic mass is 16.3.